The zero-order chi connectivity index (χ0) is 10.8. The molecule has 0 aliphatic heterocycles. The fraction of sp³-hybridized carbons (Fsp3) is 0.0769. The second-order valence-corrected chi connectivity index (χ2v) is 4.25. The first-order chi connectivity index (χ1) is 7.16. The molecule has 0 spiro atoms. The molecule has 0 atom stereocenters. The molecule has 0 nitrogen and oxygen atoms in total. The van der Waals surface area contributed by atoms with E-state index in [9.17, 15) is 0 Å². The number of halogens is 2. The smallest absolute Gasteiger partial charge is 0.0484 e. The van der Waals surface area contributed by atoms with E-state index >= 15 is 0 Å². The van der Waals surface area contributed by atoms with Crippen molar-refractivity contribution in [2.75, 3.05) is 0 Å². The molecule has 0 aromatic heterocycles. The molecule has 2 aromatic rings. The van der Waals surface area contributed by atoms with Gasteiger partial charge in [-0.1, -0.05) is 40.9 Å². The van der Waals surface area contributed by atoms with Crippen LogP contribution in [0.2, 0.25) is 10.0 Å². The van der Waals surface area contributed by atoms with Gasteiger partial charge in [-0.25, -0.2) is 0 Å². The van der Waals surface area contributed by atoms with E-state index in [0.717, 1.165) is 16.1 Å². The van der Waals surface area contributed by atoms with Crippen molar-refractivity contribution in [1.29, 1.82) is 0 Å². The number of aryl methyl sites for hydroxylation is 1. The molecule has 0 aliphatic rings. The zero-order valence-electron chi connectivity index (χ0n) is 8.22. The Morgan fingerprint density at radius 3 is 2.60 bits per heavy atom. The summed E-state index contributed by atoms with van der Waals surface area (Å²) >= 11 is 12.0. The molecule has 0 unspecified atom stereocenters. The summed E-state index contributed by atoms with van der Waals surface area (Å²) in [6.45, 7) is 2.03. The van der Waals surface area contributed by atoms with Crippen LogP contribution in [-0.2, 0) is 0 Å². The number of benzene rings is 2. The third-order valence-corrected chi connectivity index (χ3v) is 2.74. The minimum Gasteiger partial charge on any atom is -0.0843 e. The highest BCUT2D eigenvalue weighted by atomic mass is 35.5. The SMILES string of the molecule is Cc1ccc(Cl)c(-c2[c]ccc(Cl)c2)c1. The molecule has 0 aliphatic carbocycles. The molecule has 0 amide bonds. The lowest BCUT2D eigenvalue weighted by molar-refractivity contribution is 1.46. The number of hydrogen-bond acceptors (Lipinski definition) is 0. The first-order valence-corrected chi connectivity index (χ1v) is 5.36. The normalized spacial score (nSPS) is 10.3. The minimum atomic E-state index is 0.696. The van der Waals surface area contributed by atoms with Crippen LogP contribution in [0.3, 0.4) is 0 Å². The first-order valence-electron chi connectivity index (χ1n) is 4.60. The number of hydrogen-bond donors (Lipinski definition) is 0. The average Bonchev–Trinajstić information content (AvgIpc) is 2.22. The van der Waals surface area contributed by atoms with E-state index in [1.54, 1.807) is 12.1 Å². The van der Waals surface area contributed by atoms with E-state index in [0.29, 0.717) is 5.02 Å². The van der Waals surface area contributed by atoms with Crippen molar-refractivity contribution in [1.82, 2.24) is 0 Å². The van der Waals surface area contributed by atoms with Gasteiger partial charge in [0.05, 0.1) is 0 Å². The van der Waals surface area contributed by atoms with Crippen LogP contribution in [0, 0.1) is 13.0 Å². The highest BCUT2D eigenvalue weighted by Crippen LogP contribution is 2.29. The monoisotopic (exact) mass is 235 g/mol. The summed E-state index contributed by atoms with van der Waals surface area (Å²) in [6, 6.07) is 14.5. The molecule has 0 saturated carbocycles. The Bertz CT molecular complexity index is 490. The Morgan fingerprint density at radius 1 is 1.07 bits per heavy atom. The van der Waals surface area contributed by atoms with Gasteiger partial charge >= 0.3 is 0 Å². The van der Waals surface area contributed by atoms with Crippen LogP contribution in [0.1, 0.15) is 5.56 Å². The molecule has 0 N–H and O–H groups in total. The Labute approximate surface area is 99.5 Å². The highest BCUT2D eigenvalue weighted by Gasteiger charge is 2.04. The van der Waals surface area contributed by atoms with Gasteiger partial charge in [0, 0.05) is 15.6 Å². The lowest BCUT2D eigenvalue weighted by Gasteiger charge is -2.05. The highest BCUT2D eigenvalue weighted by molar-refractivity contribution is 6.33. The van der Waals surface area contributed by atoms with Crippen LogP contribution in [0.15, 0.2) is 36.4 Å². The minimum absolute atomic E-state index is 0.696. The predicted molar refractivity (Wildman–Crippen MR) is 65.5 cm³/mol. The maximum Gasteiger partial charge on any atom is 0.0484 e. The second kappa shape index (κ2) is 4.26. The van der Waals surface area contributed by atoms with Crippen LogP contribution < -0.4 is 0 Å². The quantitative estimate of drug-likeness (QED) is 0.669. The van der Waals surface area contributed by atoms with Crippen LogP contribution in [0.4, 0.5) is 0 Å². The van der Waals surface area contributed by atoms with Gasteiger partial charge in [-0.15, -0.1) is 0 Å². The summed E-state index contributed by atoms with van der Waals surface area (Å²) in [6.07, 6.45) is 0. The maximum atomic E-state index is 6.12. The van der Waals surface area contributed by atoms with E-state index in [1.807, 2.05) is 31.2 Å². The van der Waals surface area contributed by atoms with E-state index in [-0.39, 0.29) is 0 Å². The molecule has 2 heteroatoms. The van der Waals surface area contributed by atoms with E-state index in [2.05, 4.69) is 6.07 Å². The number of rotatable bonds is 1. The fourth-order valence-corrected chi connectivity index (χ4v) is 1.83. The van der Waals surface area contributed by atoms with Crippen molar-refractivity contribution in [3.8, 4) is 11.1 Å². The van der Waals surface area contributed by atoms with Crippen LogP contribution in [0.5, 0.6) is 0 Å². The van der Waals surface area contributed by atoms with Gasteiger partial charge in [-0.05, 0) is 42.8 Å². The molecular formula is C13H9Cl2. The second-order valence-electron chi connectivity index (χ2n) is 3.40. The van der Waals surface area contributed by atoms with Gasteiger partial charge in [0.25, 0.3) is 0 Å². The zero-order valence-corrected chi connectivity index (χ0v) is 9.73. The van der Waals surface area contributed by atoms with Gasteiger partial charge < -0.3 is 0 Å². The van der Waals surface area contributed by atoms with Gasteiger partial charge in [-0.2, -0.15) is 0 Å². The largest absolute Gasteiger partial charge is 0.0843 e. The Hall–Kier alpha value is -0.980. The molecular weight excluding hydrogens is 227 g/mol. The van der Waals surface area contributed by atoms with E-state index in [4.69, 9.17) is 23.2 Å². The summed E-state index contributed by atoms with van der Waals surface area (Å²) in [7, 11) is 0. The topological polar surface area (TPSA) is 0 Å². The van der Waals surface area contributed by atoms with Crippen LogP contribution in [-0.4, -0.2) is 0 Å². The third kappa shape index (κ3) is 2.34. The van der Waals surface area contributed by atoms with Gasteiger partial charge in [-0.3, -0.25) is 0 Å². The van der Waals surface area contributed by atoms with Crippen molar-refractivity contribution in [3.63, 3.8) is 0 Å². The molecule has 2 aromatic carbocycles. The fourth-order valence-electron chi connectivity index (χ4n) is 1.44. The predicted octanol–water partition coefficient (Wildman–Crippen LogP) is 4.77. The van der Waals surface area contributed by atoms with Crippen LogP contribution >= 0.6 is 23.2 Å². The first kappa shape index (κ1) is 10.5. The molecule has 2 rings (SSSR count). The van der Waals surface area contributed by atoms with Crippen molar-refractivity contribution in [3.05, 3.63) is 58.1 Å². The van der Waals surface area contributed by atoms with E-state index in [1.165, 1.54) is 5.56 Å². The Kier molecular flexibility index (Phi) is 2.99. The molecule has 75 valence electrons. The van der Waals surface area contributed by atoms with Crippen LogP contribution in [0.25, 0.3) is 11.1 Å². The van der Waals surface area contributed by atoms with Gasteiger partial charge in [0.2, 0.25) is 0 Å². The van der Waals surface area contributed by atoms with Crippen molar-refractivity contribution in [2.45, 2.75) is 6.92 Å². The standard InChI is InChI=1S/C13H9Cl2/c1-9-5-6-13(15)12(7-9)10-3-2-4-11(14)8-10/h2,4-8H,1H3. The van der Waals surface area contributed by atoms with Crippen molar-refractivity contribution >= 4 is 23.2 Å². The van der Waals surface area contributed by atoms with Gasteiger partial charge in [0.15, 0.2) is 0 Å². The summed E-state index contributed by atoms with van der Waals surface area (Å²) in [5.41, 5.74) is 3.07. The summed E-state index contributed by atoms with van der Waals surface area (Å²) in [4.78, 5) is 0. The lowest BCUT2D eigenvalue weighted by Crippen LogP contribution is -1.81. The molecule has 15 heavy (non-hydrogen) atoms. The Balaban J connectivity index is 2.58. The van der Waals surface area contributed by atoms with E-state index < -0.39 is 0 Å². The molecule has 1 radical (unpaired) electrons. The molecule has 0 heterocycles. The summed E-state index contributed by atoms with van der Waals surface area (Å²) < 4.78 is 0. The Morgan fingerprint density at radius 2 is 1.87 bits per heavy atom. The summed E-state index contributed by atoms with van der Waals surface area (Å²) in [5, 5.41) is 1.42. The maximum absolute atomic E-state index is 6.12. The summed E-state index contributed by atoms with van der Waals surface area (Å²) in [5.74, 6) is 0. The average molecular weight is 236 g/mol. The lowest BCUT2D eigenvalue weighted by atomic mass is 10.0. The molecule has 0 bridgehead atoms. The molecule has 0 saturated heterocycles. The van der Waals surface area contributed by atoms with Gasteiger partial charge in [0.1, 0.15) is 0 Å². The van der Waals surface area contributed by atoms with Crippen molar-refractivity contribution in [2.24, 2.45) is 0 Å². The van der Waals surface area contributed by atoms with Crippen molar-refractivity contribution < 1.29 is 0 Å². The third-order valence-electron chi connectivity index (χ3n) is 2.18. The molecule has 0 fully saturated rings.